The molecule has 29 heavy (non-hydrogen) atoms. The van der Waals surface area contributed by atoms with E-state index in [9.17, 15) is 14.7 Å². The van der Waals surface area contributed by atoms with Crippen LogP contribution in [0.1, 0.15) is 45.6 Å². The maximum Gasteiger partial charge on any atom is 0.410 e. The lowest BCUT2D eigenvalue weighted by Crippen LogP contribution is -2.41. The van der Waals surface area contributed by atoms with Crippen molar-refractivity contribution in [3.05, 3.63) is 48.2 Å². The van der Waals surface area contributed by atoms with Gasteiger partial charge in [-0.2, -0.15) is 0 Å². The van der Waals surface area contributed by atoms with Gasteiger partial charge in [0.1, 0.15) is 5.60 Å². The standard InChI is InChI=1S/C23H28N2O4/c1-23(2,3)29-22(28)25-10-8-16(9-11-25)12-18(14-21(26)27)19-13-17-6-4-5-7-20(17)24-15-19/h4-7,13-16H,8-12H2,1-3H3,(H,26,27)/b18-14+. The quantitative estimate of drug-likeness (QED) is 0.755. The molecule has 154 valence electrons. The summed E-state index contributed by atoms with van der Waals surface area (Å²) in [6.07, 6.45) is 5.03. The Bertz CT molecular complexity index is 922. The van der Waals surface area contributed by atoms with Gasteiger partial charge < -0.3 is 14.7 Å². The number of amides is 1. The highest BCUT2D eigenvalue weighted by Gasteiger charge is 2.27. The number of hydrogen-bond donors (Lipinski definition) is 1. The first kappa shape index (κ1) is 20.8. The van der Waals surface area contributed by atoms with Gasteiger partial charge in [0, 0.05) is 30.7 Å². The number of piperidine rings is 1. The molecule has 0 unspecified atom stereocenters. The van der Waals surface area contributed by atoms with Gasteiger partial charge in [0.25, 0.3) is 0 Å². The Labute approximate surface area is 171 Å². The molecule has 1 aromatic carbocycles. The fourth-order valence-corrected chi connectivity index (χ4v) is 3.61. The molecule has 0 radical (unpaired) electrons. The van der Waals surface area contributed by atoms with Gasteiger partial charge in [-0.1, -0.05) is 18.2 Å². The monoisotopic (exact) mass is 396 g/mol. The molecule has 2 aromatic rings. The van der Waals surface area contributed by atoms with Gasteiger partial charge in [0.15, 0.2) is 0 Å². The normalized spacial score (nSPS) is 16.1. The van der Waals surface area contributed by atoms with E-state index in [1.165, 1.54) is 6.08 Å². The van der Waals surface area contributed by atoms with Gasteiger partial charge in [0.2, 0.25) is 0 Å². The Morgan fingerprint density at radius 1 is 1.24 bits per heavy atom. The van der Waals surface area contributed by atoms with E-state index in [-0.39, 0.29) is 6.09 Å². The van der Waals surface area contributed by atoms with Gasteiger partial charge in [-0.05, 0) is 69.2 Å². The fraction of sp³-hybridized carbons (Fsp3) is 0.435. The third kappa shape index (κ3) is 5.79. The second-order valence-electron chi connectivity index (χ2n) is 8.54. The number of carbonyl (C=O) groups is 2. The average Bonchev–Trinajstić information content (AvgIpc) is 2.66. The molecule has 1 aromatic heterocycles. The topological polar surface area (TPSA) is 79.7 Å². The van der Waals surface area contributed by atoms with Crippen molar-refractivity contribution >= 4 is 28.5 Å². The lowest BCUT2D eigenvalue weighted by Gasteiger charge is -2.33. The van der Waals surface area contributed by atoms with Crippen LogP contribution in [-0.4, -0.2) is 45.7 Å². The first-order valence-electron chi connectivity index (χ1n) is 9.98. The molecule has 6 nitrogen and oxygen atoms in total. The number of hydrogen-bond acceptors (Lipinski definition) is 4. The van der Waals surface area contributed by atoms with Crippen molar-refractivity contribution in [3.8, 4) is 0 Å². The summed E-state index contributed by atoms with van der Waals surface area (Å²) >= 11 is 0. The third-order valence-electron chi connectivity index (χ3n) is 5.03. The van der Waals surface area contributed by atoms with Crippen LogP contribution in [0.2, 0.25) is 0 Å². The molecule has 3 rings (SSSR count). The molecule has 1 fully saturated rings. The lowest BCUT2D eigenvalue weighted by molar-refractivity contribution is -0.131. The van der Waals surface area contributed by atoms with Gasteiger partial charge in [-0.15, -0.1) is 0 Å². The molecular formula is C23H28N2O4. The molecule has 1 amide bonds. The van der Waals surface area contributed by atoms with Crippen LogP contribution in [0.4, 0.5) is 4.79 Å². The van der Waals surface area contributed by atoms with Crippen LogP contribution in [0.3, 0.4) is 0 Å². The van der Waals surface area contributed by atoms with Gasteiger partial charge in [-0.3, -0.25) is 4.98 Å². The largest absolute Gasteiger partial charge is 0.478 e. The van der Waals surface area contributed by atoms with Crippen molar-refractivity contribution in [1.29, 1.82) is 0 Å². The zero-order valence-corrected chi connectivity index (χ0v) is 17.2. The number of para-hydroxylation sites is 1. The van der Waals surface area contributed by atoms with Crippen LogP contribution in [0, 0.1) is 5.92 Å². The van der Waals surface area contributed by atoms with Gasteiger partial charge in [0.05, 0.1) is 5.52 Å². The number of aliphatic carboxylic acids is 1. The number of pyridine rings is 1. The highest BCUT2D eigenvalue weighted by Crippen LogP contribution is 2.30. The number of nitrogens with zero attached hydrogens (tertiary/aromatic N) is 2. The molecule has 0 bridgehead atoms. The number of fused-ring (bicyclic) bond motifs is 1. The molecular weight excluding hydrogens is 368 g/mol. The Morgan fingerprint density at radius 2 is 1.93 bits per heavy atom. The summed E-state index contributed by atoms with van der Waals surface area (Å²) in [7, 11) is 0. The number of allylic oxidation sites excluding steroid dienone is 1. The predicted molar refractivity (Wildman–Crippen MR) is 113 cm³/mol. The van der Waals surface area contributed by atoms with Crippen molar-refractivity contribution in [2.75, 3.05) is 13.1 Å². The zero-order valence-electron chi connectivity index (χ0n) is 17.2. The molecule has 0 spiro atoms. The number of likely N-dealkylation sites (tertiary alicyclic amines) is 1. The Balaban J connectivity index is 1.69. The summed E-state index contributed by atoms with van der Waals surface area (Å²) in [4.78, 5) is 29.8. The molecule has 0 aliphatic carbocycles. The number of carboxylic acid groups (broad SMARTS) is 1. The number of carbonyl (C=O) groups excluding carboxylic acids is 1. The molecule has 1 aliphatic rings. The SMILES string of the molecule is CC(C)(C)OC(=O)N1CCC(C/C(=C\C(=O)O)c2cnc3ccccc3c2)CC1. The Morgan fingerprint density at radius 3 is 2.59 bits per heavy atom. The first-order valence-corrected chi connectivity index (χ1v) is 9.98. The molecule has 0 saturated carbocycles. The first-order chi connectivity index (χ1) is 13.7. The van der Waals surface area contributed by atoms with E-state index >= 15 is 0 Å². The molecule has 1 saturated heterocycles. The van der Waals surface area contributed by atoms with Gasteiger partial charge in [-0.25, -0.2) is 9.59 Å². The minimum absolute atomic E-state index is 0.281. The summed E-state index contributed by atoms with van der Waals surface area (Å²) in [5.41, 5.74) is 1.98. The second kappa shape index (κ2) is 8.64. The smallest absolute Gasteiger partial charge is 0.410 e. The summed E-state index contributed by atoms with van der Waals surface area (Å²) in [6, 6.07) is 9.78. The van der Waals surface area contributed by atoms with E-state index < -0.39 is 11.6 Å². The van der Waals surface area contributed by atoms with Crippen molar-refractivity contribution < 1.29 is 19.4 Å². The maximum absolute atomic E-state index is 12.2. The number of carboxylic acids is 1. The highest BCUT2D eigenvalue weighted by atomic mass is 16.6. The molecule has 1 N–H and O–H groups in total. The minimum atomic E-state index is -0.959. The van der Waals surface area contributed by atoms with Crippen molar-refractivity contribution in [2.45, 2.75) is 45.6 Å². The zero-order chi connectivity index (χ0) is 21.0. The highest BCUT2D eigenvalue weighted by molar-refractivity contribution is 5.91. The number of ether oxygens (including phenoxy) is 1. The lowest BCUT2D eigenvalue weighted by atomic mass is 9.87. The van der Waals surface area contributed by atoms with E-state index in [0.717, 1.165) is 34.9 Å². The summed E-state index contributed by atoms with van der Waals surface area (Å²) in [6.45, 7) is 6.82. The molecule has 6 heteroatoms. The predicted octanol–water partition coefficient (Wildman–Crippen LogP) is 4.74. The maximum atomic E-state index is 12.2. The van der Waals surface area contributed by atoms with E-state index in [2.05, 4.69) is 4.98 Å². The summed E-state index contributed by atoms with van der Waals surface area (Å²) in [5, 5.41) is 10.3. The summed E-state index contributed by atoms with van der Waals surface area (Å²) < 4.78 is 5.45. The Hall–Kier alpha value is -2.89. The molecule has 1 aliphatic heterocycles. The van der Waals surface area contributed by atoms with Crippen LogP contribution in [0.15, 0.2) is 42.6 Å². The van der Waals surface area contributed by atoms with Crippen LogP contribution in [0.5, 0.6) is 0 Å². The Kier molecular flexibility index (Phi) is 6.20. The van der Waals surface area contributed by atoms with Crippen LogP contribution >= 0.6 is 0 Å². The van der Waals surface area contributed by atoms with Crippen molar-refractivity contribution in [1.82, 2.24) is 9.88 Å². The fourth-order valence-electron chi connectivity index (χ4n) is 3.61. The molecule has 2 heterocycles. The van der Waals surface area contributed by atoms with E-state index in [0.29, 0.717) is 25.4 Å². The summed E-state index contributed by atoms with van der Waals surface area (Å²) in [5.74, 6) is -0.648. The van der Waals surface area contributed by atoms with E-state index in [1.807, 2.05) is 51.1 Å². The van der Waals surface area contributed by atoms with Crippen LogP contribution in [0.25, 0.3) is 16.5 Å². The second-order valence-corrected chi connectivity index (χ2v) is 8.54. The van der Waals surface area contributed by atoms with Crippen molar-refractivity contribution in [2.24, 2.45) is 5.92 Å². The van der Waals surface area contributed by atoms with E-state index in [1.54, 1.807) is 11.1 Å². The average molecular weight is 396 g/mol. The number of rotatable bonds is 4. The van der Waals surface area contributed by atoms with Crippen LogP contribution < -0.4 is 0 Å². The van der Waals surface area contributed by atoms with Crippen LogP contribution in [-0.2, 0) is 9.53 Å². The number of benzene rings is 1. The number of aromatic nitrogens is 1. The van der Waals surface area contributed by atoms with Gasteiger partial charge >= 0.3 is 12.1 Å². The molecule has 0 atom stereocenters. The van der Waals surface area contributed by atoms with E-state index in [4.69, 9.17) is 4.74 Å². The van der Waals surface area contributed by atoms with Crippen molar-refractivity contribution in [3.63, 3.8) is 0 Å². The third-order valence-corrected chi connectivity index (χ3v) is 5.03. The minimum Gasteiger partial charge on any atom is -0.478 e.